The highest BCUT2D eigenvalue weighted by Crippen LogP contribution is 2.30. The molecule has 3 aromatic rings. The molecular formula is C20H22N4O3S2. The van der Waals surface area contributed by atoms with Gasteiger partial charge in [-0.05, 0) is 49.7 Å². The predicted octanol–water partition coefficient (Wildman–Crippen LogP) is 4.85. The highest BCUT2D eigenvalue weighted by atomic mass is 32.2. The summed E-state index contributed by atoms with van der Waals surface area (Å²) in [6, 6.07) is 10.7. The van der Waals surface area contributed by atoms with Gasteiger partial charge in [-0.3, -0.25) is 9.59 Å². The van der Waals surface area contributed by atoms with Crippen molar-refractivity contribution in [1.29, 1.82) is 0 Å². The molecule has 1 atom stereocenters. The Morgan fingerprint density at radius 1 is 1.21 bits per heavy atom. The van der Waals surface area contributed by atoms with Crippen LogP contribution in [0, 0.1) is 0 Å². The summed E-state index contributed by atoms with van der Waals surface area (Å²) in [5.74, 6) is 0.789. The molecule has 9 heteroatoms. The van der Waals surface area contributed by atoms with E-state index < -0.39 is 0 Å². The van der Waals surface area contributed by atoms with Crippen LogP contribution in [0.5, 0.6) is 0 Å². The Morgan fingerprint density at radius 3 is 2.69 bits per heavy atom. The molecule has 7 nitrogen and oxygen atoms in total. The first-order valence-corrected chi connectivity index (χ1v) is 11.0. The van der Waals surface area contributed by atoms with E-state index in [1.54, 1.807) is 30.5 Å². The van der Waals surface area contributed by atoms with Crippen LogP contribution in [-0.2, 0) is 11.3 Å². The smallest absolute Gasteiger partial charge is 0.224 e. The van der Waals surface area contributed by atoms with Gasteiger partial charge in [0.2, 0.25) is 11.0 Å². The van der Waals surface area contributed by atoms with Crippen molar-refractivity contribution in [2.75, 3.05) is 10.6 Å². The van der Waals surface area contributed by atoms with E-state index in [1.165, 1.54) is 23.1 Å². The molecule has 0 saturated carbocycles. The van der Waals surface area contributed by atoms with Gasteiger partial charge in [-0.2, -0.15) is 0 Å². The number of nitrogens with zero attached hydrogens (tertiary/aromatic N) is 2. The zero-order valence-electron chi connectivity index (χ0n) is 16.2. The standard InChI is InChI=1S/C20H22N4O3S2/c1-3-5-17(25)22-15-9-7-14(8-10-15)18(26)13(2)28-20-24-23-19(29-20)21-12-16-6-4-11-27-16/h4,6-11,13H,3,5,12H2,1-2H3,(H,21,23)(H,22,25)/t13-/m1/s1. The molecule has 2 N–H and O–H groups in total. The normalized spacial score (nSPS) is 11.8. The van der Waals surface area contributed by atoms with Crippen molar-refractivity contribution >= 4 is 45.6 Å². The van der Waals surface area contributed by atoms with Crippen molar-refractivity contribution in [3.05, 3.63) is 54.0 Å². The highest BCUT2D eigenvalue weighted by Gasteiger charge is 2.19. The molecule has 0 aliphatic carbocycles. The Hall–Kier alpha value is -2.65. The highest BCUT2D eigenvalue weighted by molar-refractivity contribution is 8.02. The van der Waals surface area contributed by atoms with E-state index in [0.29, 0.717) is 29.3 Å². The van der Waals surface area contributed by atoms with Crippen molar-refractivity contribution < 1.29 is 14.0 Å². The molecular weight excluding hydrogens is 408 g/mol. The number of hydrogen-bond donors (Lipinski definition) is 2. The lowest BCUT2D eigenvalue weighted by Crippen LogP contribution is -2.14. The van der Waals surface area contributed by atoms with Crippen molar-refractivity contribution in [2.45, 2.75) is 42.8 Å². The van der Waals surface area contributed by atoms with Gasteiger partial charge < -0.3 is 15.1 Å². The van der Waals surface area contributed by atoms with Gasteiger partial charge in [-0.15, -0.1) is 10.2 Å². The van der Waals surface area contributed by atoms with Gasteiger partial charge >= 0.3 is 0 Å². The first-order chi connectivity index (χ1) is 14.0. The van der Waals surface area contributed by atoms with Crippen LogP contribution < -0.4 is 10.6 Å². The van der Waals surface area contributed by atoms with Crippen LogP contribution in [0.25, 0.3) is 0 Å². The largest absolute Gasteiger partial charge is 0.467 e. The zero-order valence-corrected chi connectivity index (χ0v) is 17.8. The van der Waals surface area contributed by atoms with Gasteiger partial charge in [0, 0.05) is 17.7 Å². The second-order valence-electron chi connectivity index (χ2n) is 6.31. The quantitative estimate of drug-likeness (QED) is 0.351. The lowest BCUT2D eigenvalue weighted by Gasteiger charge is -2.09. The van der Waals surface area contributed by atoms with Crippen LogP contribution in [0.15, 0.2) is 51.4 Å². The molecule has 0 spiro atoms. The summed E-state index contributed by atoms with van der Waals surface area (Å²) < 4.78 is 5.99. The molecule has 0 saturated heterocycles. The molecule has 0 fully saturated rings. The number of rotatable bonds is 10. The van der Waals surface area contributed by atoms with E-state index in [-0.39, 0.29) is 16.9 Å². The van der Waals surface area contributed by atoms with E-state index in [9.17, 15) is 9.59 Å². The van der Waals surface area contributed by atoms with Crippen LogP contribution in [0.2, 0.25) is 0 Å². The van der Waals surface area contributed by atoms with Crippen LogP contribution in [0.1, 0.15) is 42.8 Å². The second kappa shape index (κ2) is 10.2. The third kappa shape index (κ3) is 6.16. The first-order valence-electron chi connectivity index (χ1n) is 9.25. The van der Waals surface area contributed by atoms with Crippen LogP contribution in [0.3, 0.4) is 0 Å². The van der Waals surface area contributed by atoms with Crippen LogP contribution >= 0.6 is 23.1 Å². The number of hydrogen-bond acceptors (Lipinski definition) is 8. The average molecular weight is 431 g/mol. The monoisotopic (exact) mass is 430 g/mol. The minimum atomic E-state index is -0.304. The first kappa shape index (κ1) is 21.1. The van der Waals surface area contributed by atoms with Crippen molar-refractivity contribution in [1.82, 2.24) is 10.2 Å². The van der Waals surface area contributed by atoms with Crippen molar-refractivity contribution in [3.8, 4) is 0 Å². The van der Waals surface area contributed by atoms with Gasteiger partial charge in [0.25, 0.3) is 0 Å². The maximum absolute atomic E-state index is 12.7. The number of carbonyl (C=O) groups is 2. The molecule has 152 valence electrons. The summed E-state index contributed by atoms with van der Waals surface area (Å²) in [6.45, 7) is 4.33. The van der Waals surface area contributed by atoms with Gasteiger partial charge in [0.15, 0.2) is 10.1 Å². The van der Waals surface area contributed by atoms with Gasteiger partial charge in [0.05, 0.1) is 18.1 Å². The number of thioether (sulfide) groups is 1. The number of anilines is 2. The minimum absolute atomic E-state index is 0.00160. The lowest BCUT2D eigenvalue weighted by molar-refractivity contribution is -0.116. The Labute approximate surface area is 177 Å². The number of aromatic nitrogens is 2. The van der Waals surface area contributed by atoms with E-state index in [0.717, 1.165) is 16.5 Å². The number of benzene rings is 1. The summed E-state index contributed by atoms with van der Waals surface area (Å²) in [6.07, 6.45) is 2.90. The van der Waals surface area contributed by atoms with Gasteiger partial charge in [0.1, 0.15) is 5.76 Å². The molecule has 0 aliphatic rings. The molecule has 29 heavy (non-hydrogen) atoms. The molecule has 3 rings (SSSR count). The molecule has 0 unspecified atom stereocenters. The molecule has 1 aromatic carbocycles. The van der Waals surface area contributed by atoms with E-state index >= 15 is 0 Å². The SMILES string of the molecule is CCCC(=O)Nc1ccc(C(=O)[C@@H](C)Sc2nnc(NCc3ccco3)s2)cc1. The second-order valence-corrected chi connectivity index (χ2v) is 8.87. The lowest BCUT2D eigenvalue weighted by atomic mass is 10.1. The zero-order chi connectivity index (χ0) is 20.6. The van der Waals surface area contributed by atoms with Gasteiger partial charge in [-0.1, -0.05) is 30.0 Å². The molecule has 2 aromatic heterocycles. The summed E-state index contributed by atoms with van der Waals surface area (Å²) in [4.78, 5) is 24.3. The number of carbonyl (C=O) groups excluding carboxylic acids is 2. The number of Topliss-reactive ketones (excluding diaryl/α,β-unsaturated/α-hetero) is 1. The number of nitrogens with one attached hydrogen (secondary N) is 2. The Kier molecular flexibility index (Phi) is 7.42. The molecule has 0 aliphatic heterocycles. The topological polar surface area (TPSA) is 97.1 Å². The number of furan rings is 1. The fraction of sp³-hybridized carbons (Fsp3) is 0.300. The van der Waals surface area contributed by atoms with Crippen LogP contribution in [0.4, 0.5) is 10.8 Å². The summed E-state index contributed by atoms with van der Waals surface area (Å²) in [5.41, 5.74) is 1.29. The van der Waals surface area contributed by atoms with E-state index in [2.05, 4.69) is 20.8 Å². The Morgan fingerprint density at radius 2 is 2.00 bits per heavy atom. The summed E-state index contributed by atoms with van der Waals surface area (Å²) >= 11 is 2.77. The Bertz CT molecular complexity index is 939. The van der Waals surface area contributed by atoms with E-state index in [4.69, 9.17) is 4.42 Å². The maximum Gasteiger partial charge on any atom is 0.224 e. The van der Waals surface area contributed by atoms with Crippen LogP contribution in [-0.4, -0.2) is 27.1 Å². The van der Waals surface area contributed by atoms with Gasteiger partial charge in [-0.25, -0.2) is 0 Å². The molecule has 2 heterocycles. The fourth-order valence-electron chi connectivity index (χ4n) is 2.51. The molecule has 0 radical (unpaired) electrons. The summed E-state index contributed by atoms with van der Waals surface area (Å²) in [7, 11) is 0. The molecule has 1 amide bonds. The minimum Gasteiger partial charge on any atom is -0.467 e. The van der Waals surface area contributed by atoms with E-state index in [1.807, 2.05) is 26.0 Å². The van der Waals surface area contributed by atoms with Crippen molar-refractivity contribution in [3.63, 3.8) is 0 Å². The fourth-order valence-corrected chi connectivity index (χ4v) is 4.48. The van der Waals surface area contributed by atoms with Crippen molar-refractivity contribution in [2.24, 2.45) is 0 Å². The maximum atomic E-state index is 12.7. The number of ketones is 1. The Balaban J connectivity index is 1.53. The third-order valence-electron chi connectivity index (χ3n) is 3.98. The third-order valence-corrected chi connectivity index (χ3v) is 6.04. The average Bonchev–Trinajstić information content (AvgIpc) is 3.38. The molecule has 0 bridgehead atoms. The predicted molar refractivity (Wildman–Crippen MR) is 116 cm³/mol. The summed E-state index contributed by atoms with van der Waals surface area (Å²) in [5, 5.41) is 14.6. The number of amides is 1.